The second kappa shape index (κ2) is 6.21. The number of fused-ring (bicyclic) bond motifs is 1. The van der Waals surface area contributed by atoms with Crippen LogP contribution in [0.5, 0.6) is 0 Å². The number of quaternary nitrogens is 1. The number of halogens is 1. The number of carbonyl (C=O) groups is 1. The van der Waals surface area contributed by atoms with Crippen molar-refractivity contribution in [1.29, 1.82) is 0 Å². The number of benzene rings is 1. The third-order valence-corrected chi connectivity index (χ3v) is 2.67. The molecule has 1 aromatic rings. The fourth-order valence-electron chi connectivity index (χ4n) is 1.91. The molecule has 1 atom stereocenters. The minimum atomic E-state index is -0.887. The summed E-state index contributed by atoms with van der Waals surface area (Å²) in [4.78, 5) is 11.7. The maximum Gasteiger partial charge on any atom is 0.295 e. The number of para-hydroxylation sites is 1. The lowest BCUT2D eigenvalue weighted by Crippen LogP contribution is -3.00. The van der Waals surface area contributed by atoms with Gasteiger partial charge in [-0.25, -0.2) is 5.43 Å². The summed E-state index contributed by atoms with van der Waals surface area (Å²) < 4.78 is 0.522. The molecule has 1 unspecified atom stereocenters. The quantitative estimate of drug-likeness (QED) is 0.410. The second-order valence-electron chi connectivity index (χ2n) is 5.57. The molecule has 2 rings (SSSR count). The number of amides is 1. The summed E-state index contributed by atoms with van der Waals surface area (Å²) in [6.07, 6.45) is -0.887. The number of nitrogens with one attached hydrogen (secondary N) is 2. The molecule has 1 amide bonds. The van der Waals surface area contributed by atoms with Gasteiger partial charge >= 0.3 is 0 Å². The largest absolute Gasteiger partial charge is 1.00 e. The highest BCUT2D eigenvalue weighted by Crippen LogP contribution is 2.24. The fraction of sp³-hybridized carbons (Fsp3) is 0.385. The Morgan fingerprint density at radius 1 is 1.40 bits per heavy atom. The molecule has 1 aromatic carbocycles. The first kappa shape index (κ1) is 16.4. The standard InChI is InChI=1S/C13H18N4O2.ClH/c1-17(2,3)8-11(18)15-16-12-9-6-4-5-7-10(9)14-13(12)19;/h4-7,13,19H,8H2,1-3H3,(H-,14,15,16,18);1H. The molecule has 0 aromatic heterocycles. The summed E-state index contributed by atoms with van der Waals surface area (Å²) in [6, 6.07) is 7.44. The number of aliphatic hydroxyl groups is 1. The van der Waals surface area contributed by atoms with Crippen molar-refractivity contribution in [3.8, 4) is 0 Å². The average molecular weight is 299 g/mol. The molecule has 110 valence electrons. The number of likely N-dealkylation sites (N-methyl/N-ethyl adjacent to an activating group) is 1. The summed E-state index contributed by atoms with van der Waals surface area (Å²) in [5.74, 6) is -0.184. The molecule has 1 heterocycles. The number of anilines is 1. The van der Waals surface area contributed by atoms with Crippen LogP contribution in [0.4, 0.5) is 5.69 Å². The fourth-order valence-corrected chi connectivity index (χ4v) is 1.91. The van der Waals surface area contributed by atoms with Crippen LogP contribution in [-0.4, -0.2) is 55.1 Å². The van der Waals surface area contributed by atoms with Crippen molar-refractivity contribution in [2.75, 3.05) is 33.0 Å². The minimum Gasteiger partial charge on any atom is -1.00 e. The van der Waals surface area contributed by atoms with Gasteiger partial charge < -0.3 is 27.3 Å². The maximum absolute atomic E-state index is 11.7. The smallest absolute Gasteiger partial charge is 0.295 e. The molecule has 6 nitrogen and oxygen atoms in total. The van der Waals surface area contributed by atoms with E-state index in [4.69, 9.17) is 0 Å². The average Bonchev–Trinajstić information content (AvgIpc) is 2.60. The van der Waals surface area contributed by atoms with Gasteiger partial charge in [0.1, 0.15) is 5.71 Å². The first-order valence-corrected chi connectivity index (χ1v) is 6.08. The van der Waals surface area contributed by atoms with Gasteiger partial charge in [0, 0.05) is 11.3 Å². The third-order valence-electron chi connectivity index (χ3n) is 2.67. The van der Waals surface area contributed by atoms with E-state index >= 15 is 0 Å². The molecule has 7 heteroatoms. The first-order valence-electron chi connectivity index (χ1n) is 6.08. The van der Waals surface area contributed by atoms with Gasteiger partial charge in [0.05, 0.1) is 21.1 Å². The van der Waals surface area contributed by atoms with Gasteiger partial charge in [-0.15, -0.1) is 0 Å². The van der Waals surface area contributed by atoms with E-state index in [0.717, 1.165) is 11.3 Å². The van der Waals surface area contributed by atoms with Crippen LogP contribution >= 0.6 is 0 Å². The van der Waals surface area contributed by atoms with Crippen LogP contribution in [0, 0.1) is 0 Å². The van der Waals surface area contributed by atoms with Gasteiger partial charge in [0.25, 0.3) is 5.91 Å². The van der Waals surface area contributed by atoms with Crippen LogP contribution in [0.1, 0.15) is 5.56 Å². The highest BCUT2D eigenvalue weighted by Gasteiger charge is 2.26. The molecule has 0 saturated carbocycles. The monoisotopic (exact) mass is 298 g/mol. The van der Waals surface area contributed by atoms with Crippen molar-refractivity contribution in [3.63, 3.8) is 0 Å². The van der Waals surface area contributed by atoms with Crippen molar-refractivity contribution in [2.24, 2.45) is 5.10 Å². The van der Waals surface area contributed by atoms with Crippen molar-refractivity contribution in [2.45, 2.75) is 6.23 Å². The molecule has 0 fully saturated rings. The van der Waals surface area contributed by atoms with Crippen LogP contribution in [-0.2, 0) is 4.79 Å². The second-order valence-corrected chi connectivity index (χ2v) is 5.57. The predicted molar refractivity (Wildman–Crippen MR) is 73.7 cm³/mol. The zero-order chi connectivity index (χ0) is 14.0. The number of hydrogen-bond acceptors (Lipinski definition) is 4. The number of aliphatic hydroxyl groups excluding tert-OH is 1. The molecular weight excluding hydrogens is 280 g/mol. The zero-order valence-corrected chi connectivity index (χ0v) is 12.5. The van der Waals surface area contributed by atoms with E-state index in [9.17, 15) is 9.90 Å². The Bertz CT molecular complexity index is 525. The van der Waals surface area contributed by atoms with E-state index < -0.39 is 6.23 Å². The minimum absolute atomic E-state index is 0. The number of hydrogen-bond donors (Lipinski definition) is 3. The molecule has 0 bridgehead atoms. The lowest BCUT2D eigenvalue weighted by Gasteiger charge is -2.22. The Labute approximate surface area is 124 Å². The highest BCUT2D eigenvalue weighted by molar-refractivity contribution is 6.12. The molecule has 0 aliphatic carbocycles. The predicted octanol–water partition coefficient (Wildman–Crippen LogP) is -3.04. The number of nitrogens with zero attached hydrogens (tertiary/aromatic N) is 2. The number of carbonyl (C=O) groups excluding carboxylic acids is 1. The van der Waals surface area contributed by atoms with E-state index in [1.807, 2.05) is 45.4 Å². The van der Waals surface area contributed by atoms with Gasteiger partial charge in [0.15, 0.2) is 12.8 Å². The topological polar surface area (TPSA) is 73.7 Å². The van der Waals surface area contributed by atoms with E-state index in [-0.39, 0.29) is 18.3 Å². The number of rotatable bonds is 3. The van der Waals surface area contributed by atoms with E-state index in [1.165, 1.54) is 0 Å². The molecule has 0 radical (unpaired) electrons. The van der Waals surface area contributed by atoms with Gasteiger partial charge in [0.2, 0.25) is 0 Å². The third kappa shape index (κ3) is 3.93. The van der Waals surface area contributed by atoms with Gasteiger partial charge in [-0.05, 0) is 6.07 Å². The summed E-state index contributed by atoms with van der Waals surface area (Å²) in [5, 5.41) is 16.8. The van der Waals surface area contributed by atoms with Crippen LogP contribution in [0.25, 0.3) is 0 Å². The van der Waals surface area contributed by atoms with Crippen molar-refractivity contribution in [3.05, 3.63) is 29.8 Å². The van der Waals surface area contributed by atoms with Crippen LogP contribution < -0.4 is 23.1 Å². The Morgan fingerprint density at radius 3 is 2.70 bits per heavy atom. The van der Waals surface area contributed by atoms with Gasteiger partial charge in [-0.3, -0.25) is 4.79 Å². The molecule has 0 saturated heterocycles. The maximum atomic E-state index is 11.7. The summed E-state index contributed by atoms with van der Waals surface area (Å²) >= 11 is 0. The van der Waals surface area contributed by atoms with Crippen LogP contribution in [0.2, 0.25) is 0 Å². The Hall–Kier alpha value is -1.63. The van der Waals surface area contributed by atoms with Gasteiger partial charge in [-0.2, -0.15) is 5.10 Å². The van der Waals surface area contributed by atoms with Crippen molar-refractivity contribution >= 4 is 17.3 Å². The molecule has 3 N–H and O–H groups in total. The van der Waals surface area contributed by atoms with E-state index in [1.54, 1.807) is 0 Å². The van der Waals surface area contributed by atoms with E-state index in [2.05, 4.69) is 15.8 Å². The summed E-state index contributed by atoms with van der Waals surface area (Å²) in [6.45, 7) is 0.321. The molecule has 0 spiro atoms. The zero-order valence-electron chi connectivity index (χ0n) is 11.7. The number of hydrazone groups is 1. The van der Waals surface area contributed by atoms with Crippen molar-refractivity contribution in [1.82, 2.24) is 5.43 Å². The van der Waals surface area contributed by atoms with E-state index in [0.29, 0.717) is 16.7 Å². The molecule has 1 aliphatic rings. The van der Waals surface area contributed by atoms with Crippen LogP contribution in [0.15, 0.2) is 29.4 Å². The Kier molecular flexibility index (Phi) is 5.10. The lowest BCUT2D eigenvalue weighted by molar-refractivity contribution is -0.862. The first-order chi connectivity index (χ1) is 8.87. The normalized spacial score (nSPS) is 19.0. The summed E-state index contributed by atoms with van der Waals surface area (Å²) in [5.41, 5.74) is 4.54. The molecule has 1 aliphatic heterocycles. The lowest BCUT2D eigenvalue weighted by atomic mass is 10.1. The molecular formula is C13H19ClN4O2. The van der Waals surface area contributed by atoms with Crippen molar-refractivity contribution < 1.29 is 26.8 Å². The SMILES string of the molecule is C[N+](C)(C)CC(=O)NN=C1c2ccccc2NC1O.[Cl-]. The molecule has 20 heavy (non-hydrogen) atoms. The highest BCUT2D eigenvalue weighted by atomic mass is 35.5. The summed E-state index contributed by atoms with van der Waals surface area (Å²) in [7, 11) is 5.77. The Morgan fingerprint density at radius 2 is 2.05 bits per heavy atom. The van der Waals surface area contributed by atoms with Crippen LogP contribution in [0.3, 0.4) is 0 Å². The Balaban J connectivity index is 0.00000200. The van der Waals surface area contributed by atoms with Gasteiger partial charge in [-0.1, -0.05) is 18.2 Å².